The quantitative estimate of drug-likeness (QED) is 0.636. The molecule has 0 aliphatic carbocycles. The fourth-order valence-corrected chi connectivity index (χ4v) is 6.81. The van der Waals surface area contributed by atoms with Crippen molar-refractivity contribution in [3.8, 4) is 6.01 Å². The molecule has 4 aliphatic heterocycles. The Balaban J connectivity index is 1.34. The van der Waals surface area contributed by atoms with Crippen LogP contribution in [0.15, 0.2) is 6.20 Å². The number of aliphatic hydroxyl groups is 1. The summed E-state index contributed by atoms with van der Waals surface area (Å²) < 4.78 is 35.2. The zero-order valence-electron chi connectivity index (χ0n) is 19.1. The van der Waals surface area contributed by atoms with Crippen LogP contribution >= 0.6 is 11.6 Å². The molecule has 3 unspecified atom stereocenters. The number of anilines is 1. The molecule has 6 heterocycles. The molecule has 0 spiro atoms. The lowest BCUT2D eigenvalue weighted by Crippen LogP contribution is -2.56. The van der Waals surface area contributed by atoms with Crippen LogP contribution in [0.25, 0.3) is 10.9 Å². The van der Waals surface area contributed by atoms with E-state index in [0.29, 0.717) is 37.3 Å². The number of aromatic nitrogens is 3. The number of alkyl halides is 1. The summed E-state index contributed by atoms with van der Waals surface area (Å²) in [4.78, 5) is 19.5. The van der Waals surface area contributed by atoms with Gasteiger partial charge in [-0.3, -0.25) is 9.80 Å². The van der Waals surface area contributed by atoms with E-state index < -0.39 is 18.2 Å². The van der Waals surface area contributed by atoms with E-state index >= 15 is 4.39 Å². The van der Waals surface area contributed by atoms with Gasteiger partial charge in [0, 0.05) is 44.3 Å². The standard InChI is InChI=1S/C23H29ClF2N6O2/c1-13(33)32-15-3-4-16(32)11-30(10-15)21-17-8-27-20(24)18(26)19(17)28-22(29-21)34-12-23-5-2-6-31(23)9-14(25)7-23/h8,13-16,33H,2-7,9-12H2,1H3/t13?,14-,15?,16?,23+/m1/s1. The molecule has 4 fully saturated rings. The topological polar surface area (TPSA) is 77.9 Å². The van der Waals surface area contributed by atoms with Gasteiger partial charge in [0.15, 0.2) is 11.0 Å². The number of rotatable bonds is 5. The third-order valence-corrected chi connectivity index (χ3v) is 8.37. The highest BCUT2D eigenvalue weighted by atomic mass is 35.5. The molecule has 184 valence electrons. The minimum Gasteiger partial charge on any atom is -0.461 e. The lowest BCUT2D eigenvalue weighted by molar-refractivity contribution is -0.0226. The molecule has 2 aromatic heterocycles. The molecular weight excluding hydrogens is 466 g/mol. The number of hydrogen-bond acceptors (Lipinski definition) is 8. The number of halogens is 3. The third kappa shape index (κ3) is 3.61. The summed E-state index contributed by atoms with van der Waals surface area (Å²) in [6.07, 6.45) is 4.40. The van der Waals surface area contributed by atoms with Crippen molar-refractivity contribution in [1.29, 1.82) is 0 Å². The highest BCUT2D eigenvalue weighted by Crippen LogP contribution is 2.41. The normalized spacial score (nSPS) is 32.5. The second-order valence-electron chi connectivity index (χ2n) is 10.2. The summed E-state index contributed by atoms with van der Waals surface area (Å²) >= 11 is 5.97. The van der Waals surface area contributed by atoms with E-state index in [-0.39, 0.29) is 40.9 Å². The van der Waals surface area contributed by atoms with E-state index in [1.807, 2.05) is 0 Å². The molecule has 2 aromatic rings. The number of ether oxygens (including phenoxy) is 1. The molecule has 1 N–H and O–H groups in total. The molecule has 4 aliphatic rings. The average Bonchev–Trinajstić information content (AvgIpc) is 3.42. The smallest absolute Gasteiger partial charge is 0.319 e. The van der Waals surface area contributed by atoms with E-state index in [9.17, 15) is 9.50 Å². The van der Waals surface area contributed by atoms with E-state index in [0.717, 1.165) is 32.2 Å². The summed E-state index contributed by atoms with van der Waals surface area (Å²) in [6, 6.07) is 0.436. The Morgan fingerprint density at radius 3 is 2.76 bits per heavy atom. The van der Waals surface area contributed by atoms with E-state index in [1.54, 1.807) is 6.92 Å². The van der Waals surface area contributed by atoms with Gasteiger partial charge in [-0.05, 0) is 39.2 Å². The first kappa shape index (κ1) is 22.6. The van der Waals surface area contributed by atoms with Crippen LogP contribution in [0, 0.1) is 5.82 Å². The first-order valence-electron chi connectivity index (χ1n) is 12.1. The summed E-state index contributed by atoms with van der Waals surface area (Å²) in [5.41, 5.74) is -0.283. The fourth-order valence-electron chi connectivity index (χ4n) is 6.67. The lowest BCUT2D eigenvalue weighted by Gasteiger charge is -2.43. The third-order valence-electron chi connectivity index (χ3n) is 8.10. The van der Waals surface area contributed by atoms with E-state index in [1.165, 1.54) is 6.20 Å². The Morgan fingerprint density at radius 2 is 2.03 bits per heavy atom. The van der Waals surface area contributed by atoms with Crippen molar-refractivity contribution in [3.05, 3.63) is 17.2 Å². The highest BCUT2D eigenvalue weighted by Gasteiger charge is 2.49. The van der Waals surface area contributed by atoms with Gasteiger partial charge in [0.05, 0.1) is 10.9 Å². The van der Waals surface area contributed by atoms with Crippen molar-refractivity contribution < 1.29 is 18.6 Å². The second kappa shape index (κ2) is 8.36. The number of nitrogens with zero attached hydrogens (tertiary/aromatic N) is 6. The molecule has 2 bridgehead atoms. The molecule has 0 saturated carbocycles. The predicted octanol–water partition coefficient (Wildman–Crippen LogP) is 2.76. The van der Waals surface area contributed by atoms with Crippen LogP contribution in [0.5, 0.6) is 6.01 Å². The van der Waals surface area contributed by atoms with Crippen molar-refractivity contribution in [2.45, 2.75) is 69.1 Å². The first-order valence-corrected chi connectivity index (χ1v) is 12.5. The first-order chi connectivity index (χ1) is 16.3. The molecule has 6 rings (SSSR count). The number of fused-ring (bicyclic) bond motifs is 4. The zero-order chi connectivity index (χ0) is 23.6. The fraction of sp³-hybridized carbons (Fsp3) is 0.696. The van der Waals surface area contributed by atoms with E-state index in [2.05, 4.69) is 24.7 Å². The van der Waals surface area contributed by atoms with Crippen molar-refractivity contribution >= 4 is 28.3 Å². The largest absolute Gasteiger partial charge is 0.461 e. The maximum absolute atomic E-state index is 15.0. The molecule has 34 heavy (non-hydrogen) atoms. The van der Waals surface area contributed by atoms with Crippen LogP contribution in [0.3, 0.4) is 0 Å². The molecule has 0 aromatic carbocycles. The number of pyridine rings is 1. The Labute approximate surface area is 201 Å². The Hall–Kier alpha value is -1.88. The van der Waals surface area contributed by atoms with Crippen molar-refractivity contribution in [3.63, 3.8) is 0 Å². The minimum absolute atomic E-state index is 0.0671. The molecule has 8 nitrogen and oxygen atoms in total. The molecule has 11 heteroatoms. The minimum atomic E-state index is -0.861. The Bertz CT molecular complexity index is 1090. The summed E-state index contributed by atoms with van der Waals surface area (Å²) in [6.45, 7) is 4.65. The van der Waals surface area contributed by atoms with Gasteiger partial charge in [0.1, 0.15) is 30.3 Å². The van der Waals surface area contributed by atoms with Gasteiger partial charge in [0.2, 0.25) is 0 Å². The number of piperazine rings is 1. The highest BCUT2D eigenvalue weighted by molar-refractivity contribution is 6.30. The monoisotopic (exact) mass is 494 g/mol. The van der Waals surface area contributed by atoms with Crippen molar-refractivity contribution in [2.24, 2.45) is 0 Å². The molecule has 4 saturated heterocycles. The molecule has 5 atom stereocenters. The predicted molar refractivity (Wildman–Crippen MR) is 123 cm³/mol. The van der Waals surface area contributed by atoms with E-state index in [4.69, 9.17) is 21.3 Å². The van der Waals surface area contributed by atoms with Gasteiger partial charge < -0.3 is 14.7 Å². The molecule has 0 radical (unpaired) electrons. The SMILES string of the molecule is CC(O)N1C2CCC1CN(c1nc(OC[C@@]34CCCN3C[C@H](F)C4)nc3c(F)c(Cl)ncc13)C2. The summed E-state index contributed by atoms with van der Waals surface area (Å²) in [5, 5.41) is 10.4. The van der Waals surface area contributed by atoms with Gasteiger partial charge in [-0.2, -0.15) is 9.97 Å². The van der Waals surface area contributed by atoms with Crippen LogP contribution in [-0.4, -0.2) is 92.7 Å². The van der Waals surface area contributed by atoms with Crippen LogP contribution in [0.2, 0.25) is 5.15 Å². The molecular formula is C23H29ClF2N6O2. The van der Waals surface area contributed by atoms with Gasteiger partial charge >= 0.3 is 6.01 Å². The van der Waals surface area contributed by atoms with Gasteiger partial charge in [-0.15, -0.1) is 0 Å². The lowest BCUT2D eigenvalue weighted by atomic mass is 9.95. The Kier molecular flexibility index (Phi) is 5.55. The van der Waals surface area contributed by atoms with Crippen LogP contribution < -0.4 is 9.64 Å². The van der Waals surface area contributed by atoms with Gasteiger partial charge in [-0.25, -0.2) is 13.8 Å². The zero-order valence-corrected chi connectivity index (χ0v) is 19.9. The molecule has 0 amide bonds. The number of aliphatic hydroxyl groups excluding tert-OH is 1. The number of hydrogen-bond donors (Lipinski definition) is 1. The van der Waals surface area contributed by atoms with Crippen LogP contribution in [0.1, 0.15) is 39.0 Å². The van der Waals surface area contributed by atoms with Crippen LogP contribution in [0.4, 0.5) is 14.6 Å². The summed E-state index contributed by atoms with van der Waals surface area (Å²) in [5.74, 6) is -0.149. The Morgan fingerprint density at radius 1 is 1.26 bits per heavy atom. The van der Waals surface area contributed by atoms with Crippen molar-refractivity contribution in [1.82, 2.24) is 24.8 Å². The average molecular weight is 495 g/mol. The van der Waals surface area contributed by atoms with Gasteiger partial charge in [-0.1, -0.05) is 11.6 Å². The van der Waals surface area contributed by atoms with Crippen LogP contribution in [-0.2, 0) is 0 Å². The summed E-state index contributed by atoms with van der Waals surface area (Å²) in [7, 11) is 0. The maximum atomic E-state index is 15.0. The van der Waals surface area contributed by atoms with Crippen molar-refractivity contribution in [2.75, 3.05) is 37.7 Å². The van der Waals surface area contributed by atoms with Gasteiger partial charge in [0.25, 0.3) is 0 Å². The maximum Gasteiger partial charge on any atom is 0.319 e. The second-order valence-corrected chi connectivity index (χ2v) is 10.5.